The Bertz CT molecular complexity index is 557. The number of benzene rings is 1. The van der Waals surface area contributed by atoms with E-state index in [0.29, 0.717) is 11.8 Å². The smallest absolute Gasteiger partial charge is 0.335 e. The maximum Gasteiger partial charge on any atom is 0.335 e. The van der Waals surface area contributed by atoms with Crippen molar-refractivity contribution in [2.75, 3.05) is 0 Å². The first-order chi connectivity index (χ1) is 9.88. The minimum Gasteiger partial charge on any atom is -0.483 e. The number of carboxylic acid groups (broad SMARTS) is 1. The summed E-state index contributed by atoms with van der Waals surface area (Å²) in [6, 6.07) is 3.65. The molecule has 1 aromatic carbocycles. The van der Waals surface area contributed by atoms with Crippen LogP contribution in [0, 0.1) is 22.0 Å². The topological polar surface area (TPSA) is 89.7 Å². The molecule has 6 nitrogen and oxygen atoms in total. The minimum absolute atomic E-state index is 0.00664. The quantitative estimate of drug-likeness (QED) is 0.677. The van der Waals surface area contributed by atoms with Gasteiger partial charge in [0, 0.05) is 12.1 Å². The summed E-state index contributed by atoms with van der Waals surface area (Å²) in [7, 11) is 0. The van der Waals surface area contributed by atoms with Crippen molar-refractivity contribution in [3.63, 3.8) is 0 Å². The highest BCUT2D eigenvalue weighted by molar-refractivity contribution is 5.88. The van der Waals surface area contributed by atoms with E-state index in [1.54, 1.807) is 0 Å². The third-order valence-corrected chi connectivity index (χ3v) is 4.25. The number of nitro groups is 1. The van der Waals surface area contributed by atoms with Crippen LogP contribution in [0.1, 0.15) is 43.5 Å². The molecule has 21 heavy (non-hydrogen) atoms. The lowest BCUT2D eigenvalue weighted by Gasteiger charge is -2.32. The van der Waals surface area contributed by atoms with Gasteiger partial charge in [-0.2, -0.15) is 0 Å². The Morgan fingerprint density at radius 2 is 2.05 bits per heavy atom. The van der Waals surface area contributed by atoms with Crippen LogP contribution in [0.5, 0.6) is 5.75 Å². The van der Waals surface area contributed by atoms with Gasteiger partial charge >= 0.3 is 11.7 Å². The fraction of sp³-hybridized carbons (Fsp3) is 0.533. The number of carbonyl (C=O) groups is 1. The first-order valence-corrected chi connectivity index (χ1v) is 7.07. The molecule has 0 aliphatic heterocycles. The van der Waals surface area contributed by atoms with Gasteiger partial charge in [-0.25, -0.2) is 4.79 Å². The molecule has 0 aromatic heterocycles. The summed E-state index contributed by atoms with van der Waals surface area (Å²) in [5.74, 6) is 0.0303. The van der Waals surface area contributed by atoms with Gasteiger partial charge in [-0.3, -0.25) is 10.1 Å². The maximum atomic E-state index is 11.0. The van der Waals surface area contributed by atoms with E-state index in [1.807, 2.05) is 0 Å². The Kier molecular flexibility index (Phi) is 4.45. The van der Waals surface area contributed by atoms with Gasteiger partial charge in [0.2, 0.25) is 0 Å². The van der Waals surface area contributed by atoms with Crippen LogP contribution in [0.25, 0.3) is 0 Å². The van der Waals surface area contributed by atoms with Crippen molar-refractivity contribution in [1.82, 2.24) is 0 Å². The molecule has 114 valence electrons. The molecule has 1 aliphatic rings. The lowest BCUT2D eigenvalue weighted by molar-refractivity contribution is -0.386. The molecule has 0 amide bonds. The van der Waals surface area contributed by atoms with Gasteiger partial charge in [-0.05, 0) is 37.2 Å². The third kappa shape index (κ3) is 3.51. The van der Waals surface area contributed by atoms with E-state index in [9.17, 15) is 14.9 Å². The van der Waals surface area contributed by atoms with E-state index in [0.717, 1.165) is 19.3 Å². The number of ether oxygens (including phenoxy) is 1. The molecule has 0 saturated heterocycles. The number of rotatable bonds is 4. The second-order valence-electron chi connectivity index (χ2n) is 5.75. The van der Waals surface area contributed by atoms with Crippen molar-refractivity contribution >= 4 is 11.7 Å². The summed E-state index contributed by atoms with van der Waals surface area (Å²) >= 11 is 0. The van der Waals surface area contributed by atoms with E-state index < -0.39 is 10.9 Å². The zero-order valence-corrected chi connectivity index (χ0v) is 12.1. The average Bonchev–Trinajstić information content (AvgIpc) is 2.42. The second-order valence-corrected chi connectivity index (χ2v) is 5.75. The number of aromatic carboxylic acids is 1. The number of hydrogen-bond acceptors (Lipinski definition) is 4. The molecule has 0 radical (unpaired) electrons. The molecular weight excluding hydrogens is 274 g/mol. The van der Waals surface area contributed by atoms with E-state index in [1.165, 1.54) is 18.2 Å². The number of hydrogen-bond donors (Lipinski definition) is 1. The van der Waals surface area contributed by atoms with Crippen LogP contribution in [0.3, 0.4) is 0 Å². The molecular formula is C15H19NO5. The van der Waals surface area contributed by atoms with Crippen LogP contribution < -0.4 is 4.74 Å². The summed E-state index contributed by atoms with van der Waals surface area (Å²) < 4.78 is 5.75. The van der Waals surface area contributed by atoms with Gasteiger partial charge in [-0.15, -0.1) is 0 Å². The molecule has 1 fully saturated rings. The summed E-state index contributed by atoms with van der Waals surface area (Å²) in [5, 5.41) is 20.0. The Morgan fingerprint density at radius 3 is 2.62 bits per heavy atom. The fourth-order valence-corrected chi connectivity index (χ4v) is 2.68. The highest BCUT2D eigenvalue weighted by Crippen LogP contribution is 2.35. The van der Waals surface area contributed by atoms with Gasteiger partial charge in [0.1, 0.15) is 0 Å². The van der Waals surface area contributed by atoms with Crippen molar-refractivity contribution in [2.45, 2.75) is 39.2 Å². The summed E-state index contributed by atoms with van der Waals surface area (Å²) in [4.78, 5) is 21.5. The number of nitro benzene ring substituents is 1. The van der Waals surface area contributed by atoms with Crippen LogP contribution in [-0.2, 0) is 0 Å². The van der Waals surface area contributed by atoms with Gasteiger partial charge < -0.3 is 9.84 Å². The molecule has 0 heterocycles. The molecule has 2 rings (SSSR count). The normalized spacial score (nSPS) is 25.3. The zero-order valence-electron chi connectivity index (χ0n) is 12.1. The molecule has 1 aromatic rings. The minimum atomic E-state index is -1.12. The van der Waals surface area contributed by atoms with Gasteiger partial charge in [0.15, 0.2) is 5.75 Å². The molecule has 0 spiro atoms. The monoisotopic (exact) mass is 293 g/mol. The highest BCUT2D eigenvalue weighted by atomic mass is 16.6. The standard InChI is InChI=1S/C15H19NO5/c1-9-3-5-12(7-10(9)2)21-14-8-11(15(17)18)4-6-13(14)16(19)20/h4,6,8-10,12H,3,5,7H2,1-2H3,(H,17,18). The lowest BCUT2D eigenvalue weighted by Crippen LogP contribution is -2.29. The summed E-state index contributed by atoms with van der Waals surface area (Å²) in [6.45, 7) is 4.33. The summed E-state index contributed by atoms with van der Waals surface area (Å²) in [6.07, 6.45) is 2.58. The van der Waals surface area contributed by atoms with Crippen molar-refractivity contribution in [3.05, 3.63) is 33.9 Å². The van der Waals surface area contributed by atoms with Crippen LogP contribution in [0.2, 0.25) is 0 Å². The Hall–Kier alpha value is -2.11. The molecule has 3 unspecified atom stereocenters. The average molecular weight is 293 g/mol. The molecule has 6 heteroatoms. The van der Waals surface area contributed by atoms with E-state index >= 15 is 0 Å². The molecule has 0 bridgehead atoms. The van der Waals surface area contributed by atoms with Gasteiger partial charge in [0.25, 0.3) is 0 Å². The zero-order chi connectivity index (χ0) is 15.6. The third-order valence-electron chi connectivity index (χ3n) is 4.25. The number of carboxylic acids is 1. The van der Waals surface area contributed by atoms with E-state index in [4.69, 9.17) is 9.84 Å². The predicted octanol–water partition coefficient (Wildman–Crippen LogP) is 3.50. The second kappa shape index (κ2) is 6.11. The van der Waals surface area contributed by atoms with Crippen LogP contribution in [-0.4, -0.2) is 22.1 Å². The van der Waals surface area contributed by atoms with Crippen molar-refractivity contribution < 1.29 is 19.6 Å². The Balaban J connectivity index is 2.23. The van der Waals surface area contributed by atoms with Crippen LogP contribution >= 0.6 is 0 Å². The van der Waals surface area contributed by atoms with Crippen molar-refractivity contribution in [3.8, 4) is 5.75 Å². The molecule has 1 aliphatic carbocycles. The van der Waals surface area contributed by atoms with E-state index in [2.05, 4.69) is 13.8 Å². The van der Waals surface area contributed by atoms with Crippen molar-refractivity contribution in [1.29, 1.82) is 0 Å². The Morgan fingerprint density at radius 1 is 1.33 bits per heavy atom. The molecule has 1 saturated carbocycles. The van der Waals surface area contributed by atoms with Gasteiger partial charge in [0.05, 0.1) is 16.6 Å². The van der Waals surface area contributed by atoms with Crippen molar-refractivity contribution in [2.24, 2.45) is 11.8 Å². The van der Waals surface area contributed by atoms with Gasteiger partial charge in [-0.1, -0.05) is 13.8 Å². The first kappa shape index (κ1) is 15.3. The van der Waals surface area contributed by atoms with Crippen LogP contribution in [0.4, 0.5) is 5.69 Å². The SMILES string of the molecule is CC1CCC(Oc2cc(C(=O)O)ccc2[N+](=O)[O-])CC1C. The summed E-state index contributed by atoms with van der Waals surface area (Å²) in [5.41, 5.74) is -0.195. The van der Waals surface area contributed by atoms with Crippen LogP contribution in [0.15, 0.2) is 18.2 Å². The van der Waals surface area contributed by atoms with E-state index in [-0.39, 0.29) is 23.1 Å². The fourth-order valence-electron chi connectivity index (χ4n) is 2.68. The molecule has 1 N–H and O–H groups in total. The highest BCUT2D eigenvalue weighted by Gasteiger charge is 2.28. The maximum absolute atomic E-state index is 11.0. The first-order valence-electron chi connectivity index (χ1n) is 7.07. The Labute approximate surface area is 122 Å². The predicted molar refractivity (Wildman–Crippen MR) is 76.7 cm³/mol. The largest absolute Gasteiger partial charge is 0.483 e. The number of nitrogens with zero attached hydrogens (tertiary/aromatic N) is 1. The molecule has 3 atom stereocenters. The lowest BCUT2D eigenvalue weighted by atomic mass is 9.80.